The Morgan fingerprint density at radius 3 is 2.75 bits per heavy atom. The molecule has 0 heterocycles. The van der Waals surface area contributed by atoms with Crippen molar-refractivity contribution in [3.8, 4) is 18.1 Å². The smallest absolute Gasteiger partial charge is 0.165 e. The zero-order chi connectivity index (χ0) is 12.1. The molecule has 0 radical (unpaired) electrons. The predicted molar refractivity (Wildman–Crippen MR) is 65.1 cm³/mol. The van der Waals surface area contributed by atoms with E-state index in [0.29, 0.717) is 17.9 Å². The van der Waals surface area contributed by atoms with Crippen LogP contribution < -0.4 is 9.64 Å². The van der Waals surface area contributed by atoms with Crippen molar-refractivity contribution < 1.29 is 9.53 Å². The number of hydrogen-bond acceptors (Lipinski definition) is 3. The molecule has 0 aliphatic heterocycles. The molecule has 84 valence electrons. The lowest BCUT2D eigenvalue weighted by atomic mass is 10.1. The van der Waals surface area contributed by atoms with Crippen molar-refractivity contribution in [3.63, 3.8) is 0 Å². The van der Waals surface area contributed by atoms with Crippen LogP contribution >= 0.6 is 0 Å². The van der Waals surface area contributed by atoms with Crippen molar-refractivity contribution in [3.05, 3.63) is 23.8 Å². The normalized spacial score (nSPS) is 9.38. The van der Waals surface area contributed by atoms with Gasteiger partial charge in [-0.05, 0) is 19.1 Å². The van der Waals surface area contributed by atoms with Crippen LogP contribution in [0.2, 0.25) is 0 Å². The van der Waals surface area contributed by atoms with E-state index in [9.17, 15) is 4.79 Å². The molecule has 0 spiro atoms. The summed E-state index contributed by atoms with van der Waals surface area (Å²) < 4.78 is 5.18. The molecule has 0 fully saturated rings. The maximum absolute atomic E-state index is 11.6. The zero-order valence-electron chi connectivity index (χ0n) is 9.78. The number of Topliss-reactive ketones (excluding diaryl/α,β-unsaturated/α-hetero) is 1. The number of terminal acetylenes is 1. The summed E-state index contributed by atoms with van der Waals surface area (Å²) in [4.78, 5) is 13.4. The molecule has 1 aromatic carbocycles. The van der Waals surface area contributed by atoms with E-state index in [1.54, 1.807) is 13.2 Å². The van der Waals surface area contributed by atoms with Crippen molar-refractivity contribution >= 4 is 11.5 Å². The van der Waals surface area contributed by atoms with Crippen molar-refractivity contribution in [2.24, 2.45) is 0 Å². The molecule has 0 bridgehead atoms. The van der Waals surface area contributed by atoms with Gasteiger partial charge < -0.3 is 9.64 Å². The van der Waals surface area contributed by atoms with Crippen LogP contribution in [0.5, 0.6) is 5.75 Å². The fourth-order valence-electron chi connectivity index (χ4n) is 1.58. The highest BCUT2D eigenvalue weighted by atomic mass is 16.5. The van der Waals surface area contributed by atoms with E-state index < -0.39 is 0 Å². The van der Waals surface area contributed by atoms with Crippen LogP contribution in [0.3, 0.4) is 0 Å². The van der Waals surface area contributed by atoms with E-state index in [-0.39, 0.29) is 5.78 Å². The number of methoxy groups -OCH3 is 1. The molecule has 0 atom stereocenters. The van der Waals surface area contributed by atoms with Gasteiger partial charge in [0.1, 0.15) is 5.75 Å². The maximum Gasteiger partial charge on any atom is 0.165 e. The number of benzene rings is 1. The zero-order valence-corrected chi connectivity index (χ0v) is 9.78. The minimum absolute atomic E-state index is 0.0312. The fraction of sp³-hybridized carbons (Fsp3) is 0.308. The fourth-order valence-corrected chi connectivity index (χ4v) is 1.58. The van der Waals surface area contributed by atoms with Crippen LogP contribution in [0, 0.1) is 12.3 Å². The molecule has 0 aliphatic carbocycles. The number of hydrogen-bond donors (Lipinski definition) is 0. The average molecular weight is 217 g/mol. The minimum atomic E-state index is -0.0312. The van der Waals surface area contributed by atoms with Gasteiger partial charge >= 0.3 is 0 Å². The Labute approximate surface area is 96.0 Å². The Morgan fingerprint density at radius 1 is 1.56 bits per heavy atom. The van der Waals surface area contributed by atoms with Gasteiger partial charge in [0.2, 0.25) is 0 Å². The highest BCUT2D eigenvalue weighted by Crippen LogP contribution is 2.28. The number of nitrogens with zero attached hydrogens (tertiary/aromatic N) is 1. The van der Waals surface area contributed by atoms with Gasteiger partial charge in [-0.15, -0.1) is 6.42 Å². The number of ketones is 1. The number of carbonyl (C=O) groups excluding carboxylic acids is 1. The number of anilines is 1. The summed E-state index contributed by atoms with van der Waals surface area (Å²) in [6, 6.07) is 5.47. The van der Waals surface area contributed by atoms with E-state index in [0.717, 1.165) is 5.69 Å². The van der Waals surface area contributed by atoms with Crippen molar-refractivity contribution in [2.45, 2.75) is 6.92 Å². The third kappa shape index (κ3) is 2.34. The Balaban J connectivity index is 3.28. The van der Waals surface area contributed by atoms with Gasteiger partial charge in [-0.2, -0.15) is 0 Å². The van der Waals surface area contributed by atoms with Gasteiger partial charge in [-0.1, -0.05) is 12.0 Å². The standard InChI is InChI=1S/C13H15NO2/c1-5-9-14(3)11-7-6-8-12(16-4)13(11)10(2)15/h1,6-8H,9H2,2-4H3. The van der Waals surface area contributed by atoms with Gasteiger partial charge in [0.15, 0.2) is 5.78 Å². The van der Waals surface area contributed by atoms with Gasteiger partial charge in [0.25, 0.3) is 0 Å². The molecule has 0 aliphatic rings. The molecule has 1 rings (SSSR count). The molecule has 0 saturated carbocycles. The lowest BCUT2D eigenvalue weighted by Gasteiger charge is -2.20. The van der Waals surface area contributed by atoms with Crippen LogP contribution in [-0.4, -0.2) is 26.5 Å². The highest BCUT2D eigenvalue weighted by molar-refractivity contribution is 6.02. The van der Waals surface area contributed by atoms with E-state index in [4.69, 9.17) is 11.2 Å². The van der Waals surface area contributed by atoms with Crippen LogP contribution in [0.15, 0.2) is 18.2 Å². The van der Waals surface area contributed by atoms with Gasteiger partial charge in [0.05, 0.1) is 24.9 Å². The topological polar surface area (TPSA) is 29.5 Å². The predicted octanol–water partition coefficient (Wildman–Crippen LogP) is 1.97. The quantitative estimate of drug-likeness (QED) is 0.570. The minimum Gasteiger partial charge on any atom is -0.496 e. The number of ether oxygens (including phenoxy) is 1. The van der Waals surface area contributed by atoms with Crippen LogP contribution in [0.4, 0.5) is 5.69 Å². The first-order chi connectivity index (χ1) is 7.61. The molecule has 0 saturated heterocycles. The second-order valence-electron chi connectivity index (χ2n) is 3.47. The SMILES string of the molecule is C#CCN(C)c1cccc(OC)c1C(C)=O. The summed E-state index contributed by atoms with van der Waals surface area (Å²) in [6.45, 7) is 1.97. The molecule has 0 amide bonds. The lowest BCUT2D eigenvalue weighted by Crippen LogP contribution is -2.20. The van der Waals surface area contributed by atoms with Crippen LogP contribution in [0.1, 0.15) is 17.3 Å². The van der Waals surface area contributed by atoms with E-state index in [2.05, 4.69) is 5.92 Å². The number of carbonyl (C=O) groups is 1. The van der Waals surface area contributed by atoms with E-state index >= 15 is 0 Å². The monoisotopic (exact) mass is 217 g/mol. The molecule has 3 nitrogen and oxygen atoms in total. The van der Waals surface area contributed by atoms with Crippen LogP contribution in [-0.2, 0) is 0 Å². The van der Waals surface area contributed by atoms with Gasteiger partial charge in [-0.3, -0.25) is 4.79 Å². The summed E-state index contributed by atoms with van der Waals surface area (Å²) in [5.41, 5.74) is 1.37. The Hall–Kier alpha value is -1.95. The molecule has 0 unspecified atom stereocenters. The average Bonchev–Trinajstić information content (AvgIpc) is 2.28. The van der Waals surface area contributed by atoms with Gasteiger partial charge in [-0.25, -0.2) is 0 Å². The first-order valence-electron chi connectivity index (χ1n) is 4.94. The number of rotatable bonds is 4. The van der Waals surface area contributed by atoms with Crippen molar-refractivity contribution in [1.29, 1.82) is 0 Å². The maximum atomic E-state index is 11.6. The van der Waals surface area contributed by atoms with E-state index in [1.165, 1.54) is 6.92 Å². The molecule has 0 N–H and O–H groups in total. The molecular formula is C13H15NO2. The molecule has 0 aromatic heterocycles. The summed E-state index contributed by atoms with van der Waals surface area (Å²) >= 11 is 0. The summed E-state index contributed by atoms with van der Waals surface area (Å²) in [5, 5.41) is 0. The molecule has 3 heteroatoms. The Kier molecular flexibility index (Phi) is 3.96. The lowest BCUT2D eigenvalue weighted by molar-refractivity contribution is 0.101. The first kappa shape index (κ1) is 12.1. The van der Waals surface area contributed by atoms with E-state index in [1.807, 2.05) is 24.1 Å². The summed E-state index contributed by atoms with van der Waals surface area (Å²) in [6.07, 6.45) is 5.26. The molecule has 1 aromatic rings. The largest absolute Gasteiger partial charge is 0.496 e. The third-order valence-electron chi connectivity index (χ3n) is 2.32. The molecule has 16 heavy (non-hydrogen) atoms. The highest BCUT2D eigenvalue weighted by Gasteiger charge is 2.15. The Morgan fingerprint density at radius 2 is 2.25 bits per heavy atom. The first-order valence-corrected chi connectivity index (χ1v) is 4.94. The van der Waals surface area contributed by atoms with Crippen molar-refractivity contribution in [1.82, 2.24) is 0 Å². The third-order valence-corrected chi connectivity index (χ3v) is 2.32. The Bertz CT molecular complexity index is 432. The summed E-state index contributed by atoms with van der Waals surface area (Å²) in [5.74, 6) is 3.09. The van der Waals surface area contributed by atoms with Gasteiger partial charge in [0, 0.05) is 7.05 Å². The van der Waals surface area contributed by atoms with Crippen LogP contribution in [0.25, 0.3) is 0 Å². The summed E-state index contributed by atoms with van der Waals surface area (Å²) in [7, 11) is 3.40. The van der Waals surface area contributed by atoms with Crippen molar-refractivity contribution in [2.75, 3.05) is 25.6 Å². The molecular weight excluding hydrogens is 202 g/mol. The second kappa shape index (κ2) is 5.22. The second-order valence-corrected chi connectivity index (χ2v) is 3.47.